The fourth-order valence-electron chi connectivity index (χ4n) is 1.74. The van der Waals surface area contributed by atoms with Crippen molar-refractivity contribution in [2.75, 3.05) is 5.32 Å². The number of fused-ring (bicyclic) bond motifs is 1. The maximum absolute atomic E-state index is 11.2. The van der Waals surface area contributed by atoms with E-state index in [1.807, 2.05) is 13.8 Å². The number of nitrogens with zero attached hydrogens (tertiary/aromatic N) is 3. The van der Waals surface area contributed by atoms with Crippen molar-refractivity contribution < 1.29 is 9.90 Å². The zero-order valence-corrected chi connectivity index (χ0v) is 10.2. The fraction of sp³-hybridized carbons (Fsp3) is 0.455. The highest BCUT2D eigenvalue weighted by Gasteiger charge is 2.20. The van der Waals surface area contributed by atoms with Gasteiger partial charge in [-0.2, -0.15) is 5.10 Å². The van der Waals surface area contributed by atoms with Crippen molar-refractivity contribution in [1.29, 1.82) is 0 Å². The smallest absolute Gasteiger partial charge is 0.326 e. The van der Waals surface area contributed by atoms with E-state index < -0.39 is 12.0 Å². The fourth-order valence-corrected chi connectivity index (χ4v) is 1.74. The minimum absolute atomic E-state index is 0.278. The standard InChI is InChI=1S/C11H15N5O2/c1-6(2)3-8(11(17)18)15-9-7-4-14-16-10(7)13-5-12-9/h4-6,8H,3H2,1-2H3,(H,17,18)(H2,12,13,14,15,16)/t8-/m1/s1. The minimum Gasteiger partial charge on any atom is -0.480 e. The number of carboxylic acid groups (broad SMARTS) is 1. The Balaban J connectivity index is 2.25. The van der Waals surface area contributed by atoms with E-state index in [-0.39, 0.29) is 5.92 Å². The van der Waals surface area contributed by atoms with Crippen molar-refractivity contribution in [2.45, 2.75) is 26.3 Å². The second-order valence-corrected chi connectivity index (χ2v) is 4.52. The lowest BCUT2D eigenvalue weighted by atomic mass is 10.0. The number of aromatic amines is 1. The van der Waals surface area contributed by atoms with Gasteiger partial charge >= 0.3 is 5.97 Å². The minimum atomic E-state index is -0.890. The van der Waals surface area contributed by atoms with E-state index in [9.17, 15) is 9.90 Å². The Morgan fingerprint density at radius 2 is 2.28 bits per heavy atom. The molecule has 7 nitrogen and oxygen atoms in total. The molecule has 1 atom stereocenters. The number of H-pyrrole nitrogens is 1. The first-order valence-electron chi connectivity index (χ1n) is 5.71. The van der Waals surface area contributed by atoms with E-state index >= 15 is 0 Å². The van der Waals surface area contributed by atoms with Gasteiger partial charge < -0.3 is 10.4 Å². The molecule has 3 N–H and O–H groups in total. The molecule has 7 heteroatoms. The molecule has 0 radical (unpaired) electrons. The number of aliphatic carboxylic acids is 1. The first-order chi connectivity index (χ1) is 8.58. The molecule has 2 aromatic rings. The topological polar surface area (TPSA) is 104 Å². The third-order valence-electron chi connectivity index (χ3n) is 2.56. The molecule has 0 amide bonds. The Hall–Kier alpha value is -2.18. The van der Waals surface area contributed by atoms with E-state index in [0.29, 0.717) is 23.3 Å². The third-order valence-corrected chi connectivity index (χ3v) is 2.56. The maximum Gasteiger partial charge on any atom is 0.326 e. The lowest BCUT2D eigenvalue weighted by Crippen LogP contribution is -2.31. The summed E-state index contributed by atoms with van der Waals surface area (Å²) in [6.45, 7) is 3.95. The van der Waals surface area contributed by atoms with Gasteiger partial charge in [0.25, 0.3) is 0 Å². The number of aromatic nitrogens is 4. The van der Waals surface area contributed by atoms with Gasteiger partial charge in [-0.3, -0.25) is 5.10 Å². The number of nitrogens with one attached hydrogen (secondary N) is 2. The average molecular weight is 249 g/mol. The Morgan fingerprint density at radius 1 is 1.50 bits per heavy atom. The van der Waals surface area contributed by atoms with Crippen LogP contribution in [0.25, 0.3) is 11.0 Å². The molecular weight excluding hydrogens is 234 g/mol. The molecule has 0 aromatic carbocycles. The van der Waals surface area contributed by atoms with E-state index in [2.05, 4.69) is 25.5 Å². The van der Waals surface area contributed by atoms with Crippen molar-refractivity contribution in [3.63, 3.8) is 0 Å². The van der Waals surface area contributed by atoms with Crippen LogP contribution in [0.1, 0.15) is 20.3 Å². The van der Waals surface area contributed by atoms with Gasteiger partial charge in [-0.15, -0.1) is 0 Å². The third kappa shape index (κ3) is 2.55. The monoisotopic (exact) mass is 249 g/mol. The van der Waals surface area contributed by atoms with Crippen molar-refractivity contribution in [3.05, 3.63) is 12.5 Å². The second kappa shape index (κ2) is 4.99. The van der Waals surface area contributed by atoms with Gasteiger partial charge in [-0.1, -0.05) is 13.8 Å². The largest absolute Gasteiger partial charge is 0.480 e. The Bertz CT molecular complexity index is 551. The van der Waals surface area contributed by atoms with E-state index in [1.165, 1.54) is 6.33 Å². The van der Waals surface area contributed by atoms with Crippen molar-refractivity contribution in [2.24, 2.45) is 5.92 Å². The molecule has 0 fully saturated rings. The van der Waals surface area contributed by atoms with Gasteiger partial charge in [0.2, 0.25) is 0 Å². The average Bonchev–Trinajstić information content (AvgIpc) is 2.76. The number of anilines is 1. The molecule has 0 aliphatic heterocycles. The summed E-state index contributed by atoms with van der Waals surface area (Å²) in [7, 11) is 0. The number of carbonyl (C=O) groups is 1. The summed E-state index contributed by atoms with van der Waals surface area (Å²) in [5.74, 6) is -0.124. The van der Waals surface area contributed by atoms with Crippen LogP contribution in [0.4, 0.5) is 5.82 Å². The summed E-state index contributed by atoms with van der Waals surface area (Å²) in [4.78, 5) is 19.2. The summed E-state index contributed by atoms with van der Waals surface area (Å²) in [5.41, 5.74) is 0.584. The molecule has 96 valence electrons. The summed E-state index contributed by atoms with van der Waals surface area (Å²) in [6.07, 6.45) is 3.47. The van der Waals surface area contributed by atoms with Gasteiger partial charge in [0.1, 0.15) is 18.2 Å². The molecule has 2 rings (SSSR count). The molecule has 0 saturated carbocycles. The van der Waals surface area contributed by atoms with Crippen molar-refractivity contribution in [1.82, 2.24) is 20.2 Å². The van der Waals surface area contributed by atoms with E-state index in [4.69, 9.17) is 0 Å². The van der Waals surface area contributed by atoms with Gasteiger partial charge in [0.15, 0.2) is 5.65 Å². The lowest BCUT2D eigenvalue weighted by molar-refractivity contribution is -0.138. The molecule has 18 heavy (non-hydrogen) atoms. The highest BCUT2D eigenvalue weighted by molar-refractivity contribution is 5.88. The van der Waals surface area contributed by atoms with Crippen LogP contribution in [0.3, 0.4) is 0 Å². The van der Waals surface area contributed by atoms with Crippen LogP contribution >= 0.6 is 0 Å². The van der Waals surface area contributed by atoms with Gasteiger partial charge in [-0.05, 0) is 12.3 Å². The predicted octanol–water partition coefficient (Wildman–Crippen LogP) is 1.26. The quantitative estimate of drug-likeness (QED) is 0.737. The summed E-state index contributed by atoms with van der Waals surface area (Å²) >= 11 is 0. The molecule has 0 aliphatic rings. The zero-order chi connectivity index (χ0) is 13.1. The first kappa shape index (κ1) is 12.3. The molecule has 0 spiro atoms. The Morgan fingerprint density at radius 3 is 2.94 bits per heavy atom. The summed E-state index contributed by atoms with van der Waals surface area (Å²) < 4.78 is 0. The van der Waals surface area contributed by atoms with E-state index in [0.717, 1.165) is 0 Å². The van der Waals surface area contributed by atoms with E-state index in [1.54, 1.807) is 6.20 Å². The van der Waals surface area contributed by atoms with Crippen LogP contribution in [0.2, 0.25) is 0 Å². The van der Waals surface area contributed by atoms with Crippen LogP contribution in [-0.4, -0.2) is 37.3 Å². The molecule has 0 saturated heterocycles. The number of rotatable bonds is 5. The molecule has 0 bridgehead atoms. The maximum atomic E-state index is 11.2. The summed E-state index contributed by atoms with van der Waals surface area (Å²) in [5, 5.41) is 19.4. The zero-order valence-electron chi connectivity index (χ0n) is 10.2. The lowest BCUT2D eigenvalue weighted by Gasteiger charge is -2.17. The molecule has 2 heterocycles. The Labute approximate surface area is 104 Å². The first-order valence-corrected chi connectivity index (χ1v) is 5.71. The highest BCUT2D eigenvalue weighted by atomic mass is 16.4. The van der Waals surface area contributed by atoms with Gasteiger partial charge in [0, 0.05) is 0 Å². The van der Waals surface area contributed by atoms with Crippen LogP contribution in [0, 0.1) is 5.92 Å². The van der Waals surface area contributed by atoms with Crippen LogP contribution < -0.4 is 5.32 Å². The van der Waals surface area contributed by atoms with Gasteiger partial charge in [0.05, 0.1) is 11.6 Å². The highest BCUT2D eigenvalue weighted by Crippen LogP contribution is 2.18. The number of carboxylic acids is 1. The normalized spacial score (nSPS) is 12.8. The van der Waals surface area contributed by atoms with Crippen molar-refractivity contribution >= 4 is 22.8 Å². The van der Waals surface area contributed by atoms with Gasteiger partial charge in [-0.25, -0.2) is 14.8 Å². The number of hydrogen-bond donors (Lipinski definition) is 3. The molecular formula is C11H15N5O2. The molecule has 0 aliphatic carbocycles. The number of hydrogen-bond acceptors (Lipinski definition) is 5. The molecule has 2 aromatic heterocycles. The van der Waals surface area contributed by atoms with Crippen LogP contribution in [-0.2, 0) is 4.79 Å². The Kier molecular flexibility index (Phi) is 3.40. The summed E-state index contributed by atoms with van der Waals surface area (Å²) in [6, 6.07) is -0.669. The molecule has 0 unspecified atom stereocenters. The predicted molar refractivity (Wildman–Crippen MR) is 66.2 cm³/mol. The van der Waals surface area contributed by atoms with Crippen LogP contribution in [0.5, 0.6) is 0 Å². The van der Waals surface area contributed by atoms with Crippen molar-refractivity contribution in [3.8, 4) is 0 Å². The second-order valence-electron chi connectivity index (χ2n) is 4.52. The van der Waals surface area contributed by atoms with Crippen LogP contribution in [0.15, 0.2) is 12.5 Å². The SMILES string of the molecule is CC(C)C[C@@H](Nc1ncnc2[nH]ncc12)C(=O)O.